The van der Waals surface area contributed by atoms with Gasteiger partial charge >= 0.3 is 12.4 Å². The molecule has 12 heteroatoms. The van der Waals surface area contributed by atoms with Gasteiger partial charge in [0.2, 0.25) is 11.8 Å². The van der Waals surface area contributed by atoms with Crippen LogP contribution in [0.2, 0.25) is 0 Å². The molecular formula is C23H22F7N3O2. The Morgan fingerprint density at radius 1 is 0.857 bits per heavy atom. The predicted molar refractivity (Wildman–Crippen MR) is 113 cm³/mol. The number of amides is 2. The first-order valence-corrected chi connectivity index (χ1v) is 10.7. The monoisotopic (exact) mass is 505 g/mol. The summed E-state index contributed by atoms with van der Waals surface area (Å²) in [5.41, 5.74) is -3.05. The highest BCUT2D eigenvalue weighted by Crippen LogP contribution is 2.37. The van der Waals surface area contributed by atoms with E-state index in [1.807, 2.05) is 0 Å². The maximum atomic E-state index is 13.4. The highest BCUT2D eigenvalue weighted by Gasteiger charge is 2.38. The smallest absolute Gasteiger partial charge is 0.341 e. The van der Waals surface area contributed by atoms with Crippen LogP contribution in [0.15, 0.2) is 42.5 Å². The fourth-order valence-corrected chi connectivity index (χ4v) is 3.76. The number of hydrogen-bond donors (Lipinski definition) is 1. The van der Waals surface area contributed by atoms with Crippen LogP contribution in [-0.2, 0) is 28.4 Å². The van der Waals surface area contributed by atoms with Crippen molar-refractivity contribution in [3.05, 3.63) is 65.0 Å². The Kier molecular flexibility index (Phi) is 8.04. The highest BCUT2D eigenvalue weighted by molar-refractivity contribution is 5.92. The van der Waals surface area contributed by atoms with Gasteiger partial charge in [-0.15, -0.1) is 0 Å². The number of alkyl halides is 6. The third-order valence-corrected chi connectivity index (χ3v) is 5.52. The molecule has 2 aromatic rings. The maximum Gasteiger partial charge on any atom is 0.416 e. The largest absolute Gasteiger partial charge is 0.416 e. The predicted octanol–water partition coefficient (Wildman–Crippen LogP) is 4.58. The lowest BCUT2D eigenvalue weighted by Crippen LogP contribution is -2.38. The Labute approximate surface area is 196 Å². The number of hydrogen-bond acceptors (Lipinski definition) is 3. The van der Waals surface area contributed by atoms with Crippen LogP contribution in [0.25, 0.3) is 0 Å². The number of carbonyl (C=O) groups excluding carboxylic acids is 2. The summed E-state index contributed by atoms with van der Waals surface area (Å²) in [6.45, 7) is 1.11. The number of benzene rings is 2. The van der Waals surface area contributed by atoms with E-state index in [1.54, 1.807) is 4.90 Å². The van der Waals surface area contributed by atoms with E-state index in [0.29, 0.717) is 30.8 Å². The summed E-state index contributed by atoms with van der Waals surface area (Å²) in [6, 6.07) is 6.46. The quantitative estimate of drug-likeness (QED) is 0.606. The van der Waals surface area contributed by atoms with E-state index < -0.39 is 47.2 Å². The van der Waals surface area contributed by atoms with Crippen LogP contribution in [0, 0.1) is 5.82 Å². The number of nitrogens with one attached hydrogen (secondary N) is 1. The van der Waals surface area contributed by atoms with E-state index in [1.165, 1.54) is 29.2 Å². The number of nitrogens with zero attached hydrogens (tertiary/aromatic N) is 2. The molecule has 1 N–H and O–H groups in total. The highest BCUT2D eigenvalue weighted by atomic mass is 19.4. The van der Waals surface area contributed by atoms with Gasteiger partial charge in [-0.3, -0.25) is 14.5 Å². The molecule has 0 aliphatic carbocycles. The van der Waals surface area contributed by atoms with E-state index in [2.05, 4.69) is 5.32 Å². The molecule has 2 aromatic carbocycles. The third kappa shape index (κ3) is 7.41. The molecule has 0 aromatic heterocycles. The van der Waals surface area contributed by atoms with E-state index in [9.17, 15) is 40.3 Å². The van der Waals surface area contributed by atoms with E-state index in [-0.39, 0.29) is 38.2 Å². The van der Waals surface area contributed by atoms with Crippen LogP contribution in [0.5, 0.6) is 0 Å². The minimum absolute atomic E-state index is 0.00344. The van der Waals surface area contributed by atoms with Crippen LogP contribution in [0.4, 0.5) is 36.4 Å². The van der Waals surface area contributed by atoms with Gasteiger partial charge in [0.05, 0.1) is 24.1 Å². The zero-order valence-electron chi connectivity index (χ0n) is 18.3. The van der Waals surface area contributed by atoms with Gasteiger partial charge in [0.15, 0.2) is 0 Å². The van der Waals surface area contributed by atoms with Gasteiger partial charge in [-0.05, 0) is 48.4 Å². The summed E-state index contributed by atoms with van der Waals surface area (Å²) in [5.74, 6) is -1.44. The van der Waals surface area contributed by atoms with Crippen LogP contribution in [-0.4, -0.2) is 54.3 Å². The number of rotatable bonds is 5. The molecule has 1 aliphatic heterocycles. The zero-order valence-corrected chi connectivity index (χ0v) is 18.3. The molecular weight excluding hydrogens is 483 g/mol. The molecule has 5 nitrogen and oxygen atoms in total. The van der Waals surface area contributed by atoms with E-state index in [0.717, 1.165) is 0 Å². The molecule has 1 saturated heterocycles. The summed E-state index contributed by atoms with van der Waals surface area (Å²) in [4.78, 5) is 28.0. The van der Waals surface area contributed by atoms with Crippen molar-refractivity contribution in [2.75, 3.05) is 38.0 Å². The van der Waals surface area contributed by atoms with Gasteiger partial charge in [0, 0.05) is 31.9 Å². The van der Waals surface area contributed by atoms with Gasteiger partial charge in [0.25, 0.3) is 0 Å². The fraction of sp³-hybridized carbons (Fsp3) is 0.391. The van der Waals surface area contributed by atoms with Gasteiger partial charge in [-0.25, -0.2) is 4.39 Å². The standard InChI is InChI=1S/C23H22F7N3O2/c24-17-4-6-18(7-5-17)31-20(34)14-32-8-1-9-33(11-10-32)21(35)12-15-2-3-16(22(25,26)27)13-19(15)23(28,29)30/h2-7,13H,1,8-12,14H2,(H,31,34). The molecule has 1 aliphatic rings. The van der Waals surface area contributed by atoms with Gasteiger partial charge in [0.1, 0.15) is 5.82 Å². The van der Waals surface area contributed by atoms with Crippen molar-refractivity contribution in [2.45, 2.75) is 25.2 Å². The summed E-state index contributed by atoms with van der Waals surface area (Å²) in [7, 11) is 0. The van der Waals surface area contributed by atoms with Crippen molar-refractivity contribution in [3.63, 3.8) is 0 Å². The molecule has 0 unspecified atom stereocenters. The molecule has 190 valence electrons. The number of anilines is 1. The Morgan fingerprint density at radius 2 is 1.54 bits per heavy atom. The molecule has 0 radical (unpaired) electrons. The zero-order chi connectivity index (χ0) is 25.8. The van der Waals surface area contributed by atoms with E-state index in [4.69, 9.17) is 0 Å². The molecule has 35 heavy (non-hydrogen) atoms. The van der Waals surface area contributed by atoms with Crippen molar-refractivity contribution < 1.29 is 40.3 Å². The first-order chi connectivity index (χ1) is 16.3. The van der Waals surface area contributed by atoms with Crippen molar-refractivity contribution in [3.8, 4) is 0 Å². The SMILES string of the molecule is O=C(CN1CCCN(C(=O)Cc2ccc(C(F)(F)F)cc2C(F)(F)F)CC1)Nc1ccc(F)cc1. The van der Waals surface area contributed by atoms with Crippen molar-refractivity contribution >= 4 is 17.5 Å². The average Bonchev–Trinajstić information content (AvgIpc) is 2.99. The second-order valence-corrected chi connectivity index (χ2v) is 8.11. The fourth-order valence-electron chi connectivity index (χ4n) is 3.76. The topological polar surface area (TPSA) is 52.7 Å². The Bertz CT molecular complexity index is 1050. The lowest BCUT2D eigenvalue weighted by molar-refractivity contribution is -0.143. The first-order valence-electron chi connectivity index (χ1n) is 10.7. The second kappa shape index (κ2) is 10.6. The molecule has 1 fully saturated rings. The van der Waals surface area contributed by atoms with Crippen LogP contribution in [0.1, 0.15) is 23.1 Å². The maximum absolute atomic E-state index is 13.4. The number of halogens is 7. The molecule has 3 rings (SSSR count). The van der Waals surface area contributed by atoms with Crippen molar-refractivity contribution in [1.29, 1.82) is 0 Å². The van der Waals surface area contributed by atoms with Crippen molar-refractivity contribution in [2.24, 2.45) is 0 Å². The minimum Gasteiger partial charge on any atom is -0.341 e. The lowest BCUT2D eigenvalue weighted by Gasteiger charge is -2.23. The minimum atomic E-state index is -5.05. The normalized spacial score (nSPS) is 15.6. The average molecular weight is 505 g/mol. The number of carbonyl (C=O) groups is 2. The van der Waals surface area contributed by atoms with E-state index >= 15 is 0 Å². The lowest BCUT2D eigenvalue weighted by atomic mass is 10.00. The van der Waals surface area contributed by atoms with Crippen molar-refractivity contribution in [1.82, 2.24) is 9.80 Å². The first kappa shape index (κ1) is 26.5. The molecule has 1 heterocycles. The summed E-state index contributed by atoms with van der Waals surface area (Å²) in [5, 5.41) is 2.62. The Balaban J connectivity index is 1.60. The van der Waals surface area contributed by atoms with Gasteiger partial charge in [-0.2, -0.15) is 26.3 Å². The van der Waals surface area contributed by atoms with Gasteiger partial charge in [-0.1, -0.05) is 6.07 Å². The molecule has 0 atom stereocenters. The Morgan fingerprint density at radius 3 is 2.17 bits per heavy atom. The van der Waals surface area contributed by atoms with Crippen LogP contribution >= 0.6 is 0 Å². The molecule has 2 amide bonds. The Hall–Kier alpha value is -3.15. The summed E-state index contributed by atoms with van der Waals surface area (Å²) in [6.07, 6.45) is -10.2. The molecule has 0 bridgehead atoms. The molecule has 0 spiro atoms. The van der Waals surface area contributed by atoms with Crippen LogP contribution < -0.4 is 5.32 Å². The van der Waals surface area contributed by atoms with Crippen LogP contribution in [0.3, 0.4) is 0 Å². The summed E-state index contributed by atoms with van der Waals surface area (Å²) >= 11 is 0. The second-order valence-electron chi connectivity index (χ2n) is 8.11. The van der Waals surface area contributed by atoms with Gasteiger partial charge < -0.3 is 10.2 Å². The summed E-state index contributed by atoms with van der Waals surface area (Å²) < 4.78 is 91.7. The molecule has 0 saturated carbocycles. The third-order valence-electron chi connectivity index (χ3n) is 5.52.